The highest BCUT2D eigenvalue weighted by Crippen LogP contribution is 2.18. The van der Waals surface area contributed by atoms with Crippen molar-refractivity contribution < 1.29 is 4.79 Å². The first-order valence-electron chi connectivity index (χ1n) is 8.16. The number of carbonyl (C=O) groups is 1. The molecular formula is C18H30N2O. The molecule has 0 aliphatic rings. The number of carbonyl (C=O) groups excluding carboxylic acids is 1. The first-order chi connectivity index (χ1) is 10.0. The van der Waals surface area contributed by atoms with Gasteiger partial charge in [-0.2, -0.15) is 0 Å². The van der Waals surface area contributed by atoms with Gasteiger partial charge in [-0.05, 0) is 38.0 Å². The van der Waals surface area contributed by atoms with Gasteiger partial charge in [0.1, 0.15) is 0 Å². The lowest BCUT2D eigenvalue weighted by Gasteiger charge is -2.21. The summed E-state index contributed by atoms with van der Waals surface area (Å²) in [5.41, 5.74) is 2.07. The summed E-state index contributed by atoms with van der Waals surface area (Å²) in [4.78, 5) is 11.1. The van der Waals surface area contributed by atoms with E-state index in [1.54, 1.807) is 0 Å². The number of benzene rings is 1. The Hall–Kier alpha value is -1.35. The Kier molecular flexibility index (Phi) is 8.06. The van der Waals surface area contributed by atoms with Gasteiger partial charge in [0.15, 0.2) is 0 Å². The SMILES string of the molecule is CCCCCCC(C)NC(C)c1cccc(NC(C)=O)c1. The van der Waals surface area contributed by atoms with Gasteiger partial charge in [-0.25, -0.2) is 0 Å². The largest absolute Gasteiger partial charge is 0.326 e. The standard InChI is InChI=1S/C18H30N2O/c1-5-6-7-8-10-14(2)19-15(3)17-11-9-12-18(13-17)20-16(4)21/h9,11-15,19H,5-8,10H2,1-4H3,(H,20,21). The van der Waals surface area contributed by atoms with Gasteiger partial charge < -0.3 is 10.6 Å². The summed E-state index contributed by atoms with van der Waals surface area (Å²) in [5.74, 6) is -0.0305. The van der Waals surface area contributed by atoms with Crippen molar-refractivity contribution in [2.75, 3.05) is 5.32 Å². The van der Waals surface area contributed by atoms with Gasteiger partial charge in [0.2, 0.25) is 5.91 Å². The van der Waals surface area contributed by atoms with Crippen LogP contribution in [0.4, 0.5) is 5.69 Å². The second-order valence-electron chi connectivity index (χ2n) is 5.95. The summed E-state index contributed by atoms with van der Waals surface area (Å²) in [6.07, 6.45) is 6.46. The maximum absolute atomic E-state index is 11.1. The van der Waals surface area contributed by atoms with Crippen molar-refractivity contribution in [3.8, 4) is 0 Å². The number of hydrogen-bond acceptors (Lipinski definition) is 2. The van der Waals surface area contributed by atoms with Crippen molar-refractivity contribution in [3.05, 3.63) is 29.8 Å². The lowest BCUT2D eigenvalue weighted by molar-refractivity contribution is -0.114. The predicted octanol–water partition coefficient (Wildman–Crippen LogP) is 4.65. The van der Waals surface area contributed by atoms with Crippen LogP contribution in [-0.4, -0.2) is 11.9 Å². The Bertz CT molecular complexity index is 431. The normalized spacial score (nSPS) is 13.7. The molecule has 0 aromatic heterocycles. The number of rotatable bonds is 9. The van der Waals surface area contributed by atoms with Crippen molar-refractivity contribution in [3.63, 3.8) is 0 Å². The Morgan fingerprint density at radius 3 is 2.62 bits per heavy atom. The average Bonchev–Trinajstić information content (AvgIpc) is 2.43. The van der Waals surface area contributed by atoms with Crippen molar-refractivity contribution in [2.24, 2.45) is 0 Å². The van der Waals surface area contributed by atoms with Crippen molar-refractivity contribution in [2.45, 2.75) is 71.9 Å². The van der Waals surface area contributed by atoms with Crippen LogP contribution in [0.2, 0.25) is 0 Å². The minimum Gasteiger partial charge on any atom is -0.326 e. The van der Waals surface area contributed by atoms with Gasteiger partial charge in [-0.3, -0.25) is 4.79 Å². The van der Waals surface area contributed by atoms with E-state index >= 15 is 0 Å². The molecule has 0 saturated heterocycles. The van der Waals surface area contributed by atoms with E-state index in [0.29, 0.717) is 12.1 Å². The molecule has 2 N–H and O–H groups in total. The fourth-order valence-corrected chi connectivity index (χ4v) is 2.57. The number of unbranched alkanes of at least 4 members (excludes halogenated alkanes) is 3. The molecule has 0 spiro atoms. The minimum absolute atomic E-state index is 0.0305. The average molecular weight is 290 g/mol. The second kappa shape index (κ2) is 9.56. The van der Waals surface area contributed by atoms with E-state index in [1.165, 1.54) is 44.6 Å². The molecule has 1 amide bonds. The predicted molar refractivity (Wildman–Crippen MR) is 90.5 cm³/mol. The summed E-state index contributed by atoms with van der Waals surface area (Å²) in [6, 6.07) is 8.87. The molecule has 2 unspecified atom stereocenters. The van der Waals surface area contributed by atoms with Crippen molar-refractivity contribution in [1.29, 1.82) is 0 Å². The zero-order valence-electron chi connectivity index (χ0n) is 13.9. The van der Waals surface area contributed by atoms with E-state index in [4.69, 9.17) is 0 Å². The molecule has 2 atom stereocenters. The highest BCUT2D eigenvalue weighted by atomic mass is 16.1. The van der Waals surface area contributed by atoms with E-state index < -0.39 is 0 Å². The van der Waals surface area contributed by atoms with Crippen molar-refractivity contribution >= 4 is 11.6 Å². The van der Waals surface area contributed by atoms with Gasteiger partial charge in [-0.1, -0.05) is 44.7 Å². The van der Waals surface area contributed by atoms with Gasteiger partial charge in [-0.15, -0.1) is 0 Å². The maximum Gasteiger partial charge on any atom is 0.221 e. The highest BCUT2D eigenvalue weighted by molar-refractivity contribution is 5.88. The van der Waals surface area contributed by atoms with Crippen LogP contribution in [0, 0.1) is 0 Å². The number of nitrogens with one attached hydrogen (secondary N) is 2. The van der Waals surface area contributed by atoms with Gasteiger partial charge in [0.25, 0.3) is 0 Å². The first-order valence-corrected chi connectivity index (χ1v) is 8.16. The molecule has 1 rings (SSSR count). The minimum atomic E-state index is -0.0305. The van der Waals surface area contributed by atoms with Gasteiger partial charge in [0.05, 0.1) is 0 Å². The molecule has 3 nitrogen and oxygen atoms in total. The molecule has 21 heavy (non-hydrogen) atoms. The molecule has 0 bridgehead atoms. The molecular weight excluding hydrogens is 260 g/mol. The Balaban J connectivity index is 2.46. The molecule has 0 aliphatic heterocycles. The molecule has 1 aromatic rings. The topological polar surface area (TPSA) is 41.1 Å². The molecule has 1 aromatic carbocycles. The van der Waals surface area contributed by atoms with E-state index in [1.807, 2.05) is 18.2 Å². The zero-order chi connectivity index (χ0) is 15.7. The fourth-order valence-electron chi connectivity index (χ4n) is 2.57. The summed E-state index contributed by atoms with van der Waals surface area (Å²) in [7, 11) is 0. The molecule has 0 aliphatic carbocycles. The van der Waals surface area contributed by atoms with E-state index in [9.17, 15) is 4.79 Å². The van der Waals surface area contributed by atoms with Crippen LogP contribution in [0.25, 0.3) is 0 Å². The Labute approximate surface area is 129 Å². The van der Waals surface area contributed by atoms with Crippen LogP contribution in [0.5, 0.6) is 0 Å². The second-order valence-corrected chi connectivity index (χ2v) is 5.95. The maximum atomic E-state index is 11.1. The molecule has 3 heteroatoms. The highest BCUT2D eigenvalue weighted by Gasteiger charge is 2.10. The van der Waals surface area contributed by atoms with E-state index in [-0.39, 0.29) is 5.91 Å². The quantitative estimate of drug-likeness (QED) is 0.650. The van der Waals surface area contributed by atoms with E-state index in [2.05, 4.69) is 37.5 Å². The Morgan fingerprint density at radius 1 is 1.19 bits per heavy atom. The number of amides is 1. The van der Waals surface area contributed by atoms with Crippen LogP contribution in [-0.2, 0) is 4.79 Å². The zero-order valence-corrected chi connectivity index (χ0v) is 13.9. The smallest absolute Gasteiger partial charge is 0.221 e. The van der Waals surface area contributed by atoms with Crippen LogP contribution < -0.4 is 10.6 Å². The molecule has 0 radical (unpaired) electrons. The monoisotopic (exact) mass is 290 g/mol. The lowest BCUT2D eigenvalue weighted by atomic mass is 10.0. The summed E-state index contributed by atoms with van der Waals surface area (Å²) >= 11 is 0. The van der Waals surface area contributed by atoms with Crippen molar-refractivity contribution in [1.82, 2.24) is 5.32 Å². The third kappa shape index (κ3) is 7.28. The summed E-state index contributed by atoms with van der Waals surface area (Å²) < 4.78 is 0. The van der Waals surface area contributed by atoms with Crippen LogP contribution in [0.15, 0.2) is 24.3 Å². The summed E-state index contributed by atoms with van der Waals surface area (Å²) in [6.45, 7) is 8.20. The first kappa shape index (κ1) is 17.7. The lowest BCUT2D eigenvalue weighted by Crippen LogP contribution is -2.28. The molecule has 118 valence electrons. The van der Waals surface area contributed by atoms with Crippen LogP contribution in [0.3, 0.4) is 0 Å². The van der Waals surface area contributed by atoms with Gasteiger partial charge in [0, 0.05) is 24.7 Å². The third-order valence-corrected chi connectivity index (χ3v) is 3.73. The third-order valence-electron chi connectivity index (χ3n) is 3.73. The number of hydrogen-bond donors (Lipinski definition) is 2. The fraction of sp³-hybridized carbons (Fsp3) is 0.611. The number of anilines is 1. The van der Waals surface area contributed by atoms with Crippen LogP contribution in [0.1, 0.15) is 71.4 Å². The molecule has 0 saturated carbocycles. The van der Waals surface area contributed by atoms with Crippen LogP contribution >= 0.6 is 0 Å². The van der Waals surface area contributed by atoms with E-state index in [0.717, 1.165) is 5.69 Å². The molecule has 0 fully saturated rings. The van der Waals surface area contributed by atoms with Gasteiger partial charge >= 0.3 is 0 Å². The Morgan fingerprint density at radius 2 is 1.95 bits per heavy atom. The summed E-state index contributed by atoms with van der Waals surface area (Å²) in [5, 5.41) is 6.48. The molecule has 0 heterocycles.